The number of hydrogen-bond donors (Lipinski definition) is 1. The monoisotopic (exact) mass is 213 g/mol. The van der Waals surface area contributed by atoms with Crippen LogP contribution in [0.2, 0.25) is 0 Å². The van der Waals surface area contributed by atoms with Crippen LogP contribution in [0.1, 0.15) is 19.3 Å². The molecule has 1 fully saturated rings. The van der Waals surface area contributed by atoms with Crippen LogP contribution in [0, 0.1) is 0 Å². The summed E-state index contributed by atoms with van der Waals surface area (Å²) in [6, 6.07) is 0.488. The number of carboxylic acid groups (broad SMARTS) is 1. The Hall–Kier alpha value is -1.17. The van der Waals surface area contributed by atoms with Crippen molar-refractivity contribution in [1.29, 1.82) is 0 Å². The zero-order valence-corrected chi connectivity index (χ0v) is 8.40. The fourth-order valence-corrected chi connectivity index (χ4v) is 1.99. The van der Waals surface area contributed by atoms with Crippen molar-refractivity contribution < 1.29 is 9.90 Å². The van der Waals surface area contributed by atoms with E-state index in [4.69, 9.17) is 5.11 Å². The third-order valence-electron chi connectivity index (χ3n) is 2.15. The standard InChI is InChI=1S/C8H11N3O2S/c12-7(13)3-4-11(6-1-2-6)8-10-9-5-14-8/h5-6H,1-4H2,(H,12,13). The van der Waals surface area contributed by atoms with Gasteiger partial charge >= 0.3 is 5.97 Å². The first-order valence-corrected chi connectivity index (χ1v) is 5.40. The molecule has 0 atom stereocenters. The van der Waals surface area contributed by atoms with Crippen LogP contribution >= 0.6 is 11.3 Å². The Kier molecular flexibility index (Phi) is 2.62. The zero-order valence-electron chi connectivity index (χ0n) is 7.59. The smallest absolute Gasteiger partial charge is 0.305 e. The van der Waals surface area contributed by atoms with Crippen molar-refractivity contribution in [3.05, 3.63) is 5.51 Å². The predicted octanol–water partition coefficient (Wildman–Crippen LogP) is 0.982. The van der Waals surface area contributed by atoms with Crippen molar-refractivity contribution in [3.63, 3.8) is 0 Å². The molecule has 6 heteroatoms. The molecule has 5 nitrogen and oxygen atoms in total. The van der Waals surface area contributed by atoms with Crippen LogP contribution in [0.5, 0.6) is 0 Å². The largest absolute Gasteiger partial charge is 0.481 e. The number of nitrogens with zero attached hydrogens (tertiary/aromatic N) is 3. The van der Waals surface area contributed by atoms with Gasteiger partial charge in [0, 0.05) is 12.6 Å². The Morgan fingerprint density at radius 3 is 3.00 bits per heavy atom. The Labute approximate surface area is 85.4 Å². The van der Waals surface area contributed by atoms with Gasteiger partial charge < -0.3 is 10.0 Å². The molecule has 0 bridgehead atoms. The average Bonchev–Trinajstić information content (AvgIpc) is 2.81. The molecule has 0 amide bonds. The summed E-state index contributed by atoms with van der Waals surface area (Å²) in [7, 11) is 0. The van der Waals surface area contributed by atoms with Gasteiger partial charge in [0.1, 0.15) is 5.51 Å². The molecule has 1 aromatic heterocycles. The molecule has 0 unspecified atom stereocenters. The van der Waals surface area contributed by atoms with Crippen LogP contribution in [0.4, 0.5) is 5.13 Å². The van der Waals surface area contributed by atoms with Crippen LogP contribution in [-0.4, -0.2) is 33.9 Å². The lowest BCUT2D eigenvalue weighted by Gasteiger charge is -2.19. The van der Waals surface area contributed by atoms with Crippen molar-refractivity contribution in [1.82, 2.24) is 10.2 Å². The highest BCUT2D eigenvalue weighted by molar-refractivity contribution is 7.13. The highest BCUT2D eigenvalue weighted by atomic mass is 32.1. The van der Waals surface area contributed by atoms with E-state index in [1.54, 1.807) is 5.51 Å². The van der Waals surface area contributed by atoms with E-state index in [9.17, 15) is 4.79 Å². The highest BCUT2D eigenvalue weighted by Crippen LogP contribution is 2.32. The summed E-state index contributed by atoms with van der Waals surface area (Å²) < 4.78 is 0. The Bertz CT molecular complexity index is 310. The minimum Gasteiger partial charge on any atom is -0.481 e. The maximum Gasteiger partial charge on any atom is 0.305 e. The van der Waals surface area contributed by atoms with Gasteiger partial charge in [0.2, 0.25) is 5.13 Å². The molecule has 1 heterocycles. The van der Waals surface area contributed by atoms with Gasteiger partial charge in [-0.25, -0.2) is 0 Å². The maximum absolute atomic E-state index is 10.5. The second-order valence-corrected chi connectivity index (χ2v) is 4.10. The first-order valence-electron chi connectivity index (χ1n) is 4.52. The minimum atomic E-state index is -0.764. The molecule has 1 aliphatic rings. The summed E-state index contributed by atoms with van der Waals surface area (Å²) in [5.74, 6) is -0.764. The molecule has 0 spiro atoms. The van der Waals surface area contributed by atoms with Gasteiger partial charge in [0.05, 0.1) is 6.42 Å². The van der Waals surface area contributed by atoms with E-state index < -0.39 is 5.97 Å². The van der Waals surface area contributed by atoms with Crippen LogP contribution in [0.15, 0.2) is 5.51 Å². The van der Waals surface area contributed by atoms with Crippen molar-refractivity contribution in [2.45, 2.75) is 25.3 Å². The van der Waals surface area contributed by atoms with Gasteiger partial charge in [-0.1, -0.05) is 11.3 Å². The fourth-order valence-electron chi connectivity index (χ4n) is 1.33. The van der Waals surface area contributed by atoms with E-state index in [-0.39, 0.29) is 6.42 Å². The van der Waals surface area contributed by atoms with Crippen LogP contribution in [-0.2, 0) is 4.79 Å². The highest BCUT2D eigenvalue weighted by Gasteiger charge is 2.30. The lowest BCUT2D eigenvalue weighted by molar-refractivity contribution is -0.136. The van der Waals surface area contributed by atoms with Crippen LogP contribution in [0.25, 0.3) is 0 Å². The molecule has 1 saturated carbocycles. The first kappa shape index (κ1) is 9.39. The number of aromatic nitrogens is 2. The molecular formula is C8H11N3O2S. The average molecular weight is 213 g/mol. The summed E-state index contributed by atoms with van der Waals surface area (Å²) >= 11 is 1.46. The van der Waals surface area contributed by atoms with E-state index in [1.165, 1.54) is 11.3 Å². The van der Waals surface area contributed by atoms with Gasteiger partial charge in [-0.15, -0.1) is 10.2 Å². The molecule has 1 aromatic rings. The zero-order chi connectivity index (χ0) is 9.97. The van der Waals surface area contributed by atoms with Crippen molar-refractivity contribution in [3.8, 4) is 0 Å². The van der Waals surface area contributed by atoms with Crippen molar-refractivity contribution in [2.24, 2.45) is 0 Å². The number of aliphatic carboxylic acids is 1. The lowest BCUT2D eigenvalue weighted by Crippen LogP contribution is -2.28. The molecule has 2 rings (SSSR count). The van der Waals surface area contributed by atoms with Crippen molar-refractivity contribution >= 4 is 22.4 Å². The molecule has 1 N–H and O–H groups in total. The minimum absolute atomic E-state index is 0.163. The van der Waals surface area contributed by atoms with Crippen molar-refractivity contribution in [2.75, 3.05) is 11.4 Å². The van der Waals surface area contributed by atoms with Crippen LogP contribution in [0.3, 0.4) is 0 Å². The Morgan fingerprint density at radius 1 is 1.71 bits per heavy atom. The Balaban J connectivity index is 1.97. The van der Waals surface area contributed by atoms with Crippen LogP contribution < -0.4 is 4.90 Å². The number of carboxylic acids is 1. The van der Waals surface area contributed by atoms with E-state index in [0.29, 0.717) is 12.6 Å². The van der Waals surface area contributed by atoms with Gasteiger partial charge in [0.25, 0.3) is 0 Å². The molecule has 0 radical (unpaired) electrons. The van der Waals surface area contributed by atoms with Gasteiger partial charge in [-0.3, -0.25) is 4.79 Å². The quantitative estimate of drug-likeness (QED) is 0.789. The molecule has 1 aliphatic carbocycles. The summed E-state index contributed by atoms with van der Waals surface area (Å²) in [5, 5.41) is 17.2. The molecule has 0 saturated heterocycles. The fraction of sp³-hybridized carbons (Fsp3) is 0.625. The van der Waals surface area contributed by atoms with E-state index in [2.05, 4.69) is 10.2 Å². The first-order chi connectivity index (χ1) is 6.77. The summed E-state index contributed by atoms with van der Waals surface area (Å²) in [4.78, 5) is 12.5. The molecule has 14 heavy (non-hydrogen) atoms. The summed E-state index contributed by atoms with van der Waals surface area (Å²) in [6.07, 6.45) is 2.44. The second kappa shape index (κ2) is 3.91. The van der Waals surface area contributed by atoms with Gasteiger partial charge in [-0.05, 0) is 12.8 Å². The number of anilines is 1. The lowest BCUT2D eigenvalue weighted by atomic mass is 10.4. The number of hydrogen-bond acceptors (Lipinski definition) is 5. The topological polar surface area (TPSA) is 66.3 Å². The van der Waals surface area contributed by atoms with E-state index in [0.717, 1.165) is 18.0 Å². The predicted molar refractivity (Wildman–Crippen MR) is 52.5 cm³/mol. The molecule has 0 aromatic carbocycles. The number of rotatable bonds is 5. The Morgan fingerprint density at radius 2 is 2.50 bits per heavy atom. The second-order valence-electron chi connectivity index (χ2n) is 3.29. The normalized spacial score (nSPS) is 15.4. The molecule has 0 aliphatic heterocycles. The number of carbonyl (C=O) groups is 1. The van der Waals surface area contributed by atoms with E-state index in [1.807, 2.05) is 4.90 Å². The maximum atomic E-state index is 10.5. The van der Waals surface area contributed by atoms with Gasteiger partial charge in [0.15, 0.2) is 0 Å². The summed E-state index contributed by atoms with van der Waals surface area (Å²) in [5.41, 5.74) is 1.67. The van der Waals surface area contributed by atoms with Gasteiger partial charge in [-0.2, -0.15) is 0 Å². The molecule has 76 valence electrons. The molecular weight excluding hydrogens is 202 g/mol. The van der Waals surface area contributed by atoms with E-state index >= 15 is 0 Å². The summed E-state index contributed by atoms with van der Waals surface area (Å²) in [6.45, 7) is 0.537. The third kappa shape index (κ3) is 2.20. The third-order valence-corrected chi connectivity index (χ3v) is 2.88. The SMILES string of the molecule is O=C(O)CCN(c1nncs1)C1CC1.